The predicted molar refractivity (Wildman–Crippen MR) is 119 cm³/mol. The minimum absolute atomic E-state index is 0.235. The van der Waals surface area contributed by atoms with Crippen LogP contribution in [0.5, 0.6) is 0 Å². The number of nitrogens with one attached hydrogen (secondary N) is 1. The SMILES string of the molecule is CC(=O)Nc1cccc2c(C(=O)N=C(N)N)cc(-c3ccccc3)nc12.CS(=O)(=O)O. The number of aliphatic imine (C=N–C) groups is 1. The number of benzene rings is 2. The number of hydrogen-bond acceptors (Lipinski definition) is 5. The zero-order valence-corrected chi connectivity index (χ0v) is 17.6. The lowest BCUT2D eigenvalue weighted by Gasteiger charge is -2.11. The van der Waals surface area contributed by atoms with Gasteiger partial charge in [-0.3, -0.25) is 14.1 Å². The number of nitrogens with two attached hydrogens (primary N) is 2. The Morgan fingerprint density at radius 2 is 1.68 bits per heavy atom. The van der Waals surface area contributed by atoms with E-state index >= 15 is 0 Å². The van der Waals surface area contributed by atoms with Crippen molar-refractivity contribution in [1.82, 2.24) is 4.98 Å². The van der Waals surface area contributed by atoms with Crippen LogP contribution in [0.1, 0.15) is 17.3 Å². The Kier molecular flexibility index (Phi) is 7.40. The first kappa shape index (κ1) is 23.4. The van der Waals surface area contributed by atoms with Crippen molar-refractivity contribution in [1.29, 1.82) is 0 Å². The van der Waals surface area contributed by atoms with Crippen LogP contribution in [0.4, 0.5) is 5.69 Å². The van der Waals surface area contributed by atoms with E-state index in [1.54, 1.807) is 24.3 Å². The Labute approximate surface area is 178 Å². The maximum absolute atomic E-state index is 12.5. The predicted octanol–water partition coefficient (Wildman–Crippen LogP) is 1.78. The number of anilines is 1. The largest absolute Gasteiger partial charge is 0.370 e. The summed E-state index contributed by atoms with van der Waals surface area (Å²) in [6.45, 7) is 1.41. The maximum Gasteiger partial charge on any atom is 0.280 e. The third-order valence-corrected chi connectivity index (χ3v) is 3.68. The van der Waals surface area contributed by atoms with Gasteiger partial charge in [0.2, 0.25) is 5.91 Å². The number of aromatic nitrogens is 1. The van der Waals surface area contributed by atoms with E-state index in [1.807, 2.05) is 30.3 Å². The molecule has 0 bridgehead atoms. The summed E-state index contributed by atoms with van der Waals surface area (Å²) in [5, 5.41) is 3.28. The molecule has 31 heavy (non-hydrogen) atoms. The lowest BCUT2D eigenvalue weighted by atomic mass is 10.0. The van der Waals surface area contributed by atoms with Gasteiger partial charge in [-0.1, -0.05) is 42.5 Å². The van der Waals surface area contributed by atoms with Gasteiger partial charge in [0.15, 0.2) is 5.96 Å². The number of amides is 2. The molecule has 0 saturated carbocycles. The van der Waals surface area contributed by atoms with E-state index in [4.69, 9.17) is 16.0 Å². The molecule has 0 unspecified atom stereocenters. The van der Waals surface area contributed by atoms with Gasteiger partial charge >= 0.3 is 0 Å². The highest BCUT2D eigenvalue weighted by molar-refractivity contribution is 7.85. The topological polar surface area (TPSA) is 178 Å². The van der Waals surface area contributed by atoms with Gasteiger partial charge in [0.05, 0.1) is 28.7 Å². The van der Waals surface area contributed by atoms with Crippen LogP contribution in [-0.4, -0.2) is 42.0 Å². The van der Waals surface area contributed by atoms with E-state index in [0.29, 0.717) is 34.1 Å². The van der Waals surface area contributed by atoms with Gasteiger partial charge in [0.1, 0.15) is 0 Å². The molecule has 0 radical (unpaired) electrons. The number of hydrogen-bond donors (Lipinski definition) is 4. The standard InChI is InChI=1S/C19H17N5O2.CH4O3S/c1-11(25)22-15-9-5-8-13-14(18(26)24-19(20)21)10-16(23-17(13)15)12-6-3-2-4-7-12;1-5(2,3)4/h2-10H,1H3,(H,22,25)(H4,20,21,24,26);1H3,(H,2,3,4). The Bertz CT molecular complexity index is 1250. The molecule has 3 aromatic rings. The van der Waals surface area contributed by atoms with Gasteiger partial charge in [0, 0.05) is 17.9 Å². The van der Waals surface area contributed by atoms with E-state index in [0.717, 1.165) is 5.56 Å². The molecule has 2 amide bonds. The smallest absolute Gasteiger partial charge is 0.280 e. The van der Waals surface area contributed by atoms with Crippen LogP contribution in [0.25, 0.3) is 22.2 Å². The van der Waals surface area contributed by atoms with Gasteiger partial charge in [-0.05, 0) is 12.1 Å². The third kappa shape index (κ3) is 7.17. The highest BCUT2D eigenvalue weighted by atomic mass is 32.2. The Hall–Kier alpha value is -3.83. The molecule has 2 aromatic carbocycles. The molecule has 0 aliphatic rings. The van der Waals surface area contributed by atoms with E-state index in [1.165, 1.54) is 6.92 Å². The fourth-order valence-electron chi connectivity index (χ4n) is 2.65. The quantitative estimate of drug-likeness (QED) is 0.269. The highest BCUT2D eigenvalue weighted by Crippen LogP contribution is 2.29. The zero-order valence-electron chi connectivity index (χ0n) is 16.7. The molecule has 0 fully saturated rings. The summed E-state index contributed by atoms with van der Waals surface area (Å²) in [5.74, 6) is -1.13. The Morgan fingerprint density at radius 3 is 2.23 bits per heavy atom. The second kappa shape index (κ2) is 9.78. The van der Waals surface area contributed by atoms with Crippen molar-refractivity contribution in [2.45, 2.75) is 6.92 Å². The first-order chi connectivity index (χ1) is 14.5. The molecule has 0 saturated heterocycles. The highest BCUT2D eigenvalue weighted by Gasteiger charge is 2.16. The number of para-hydroxylation sites is 1. The molecule has 162 valence electrons. The van der Waals surface area contributed by atoms with Crippen molar-refractivity contribution in [3.05, 3.63) is 60.2 Å². The monoisotopic (exact) mass is 443 g/mol. The molecule has 11 heteroatoms. The van der Waals surface area contributed by atoms with Gasteiger partial charge in [-0.25, -0.2) is 4.98 Å². The second-order valence-corrected chi connectivity index (χ2v) is 7.84. The van der Waals surface area contributed by atoms with Gasteiger partial charge in [0.25, 0.3) is 16.0 Å². The number of guanidine groups is 1. The average molecular weight is 443 g/mol. The molecule has 0 atom stereocenters. The lowest BCUT2D eigenvalue weighted by Crippen LogP contribution is -2.24. The number of carbonyl (C=O) groups is 2. The van der Waals surface area contributed by atoms with E-state index < -0.39 is 16.0 Å². The van der Waals surface area contributed by atoms with Crippen LogP contribution >= 0.6 is 0 Å². The van der Waals surface area contributed by atoms with Crippen molar-refractivity contribution in [3.63, 3.8) is 0 Å². The van der Waals surface area contributed by atoms with E-state index in [9.17, 15) is 18.0 Å². The molecule has 6 N–H and O–H groups in total. The second-order valence-electron chi connectivity index (χ2n) is 6.38. The molecule has 1 heterocycles. The summed E-state index contributed by atoms with van der Waals surface area (Å²) in [4.78, 5) is 32.3. The summed E-state index contributed by atoms with van der Waals surface area (Å²) in [5.41, 5.74) is 13.4. The van der Waals surface area contributed by atoms with Gasteiger partial charge in [-0.15, -0.1) is 0 Å². The van der Waals surface area contributed by atoms with E-state index in [-0.39, 0.29) is 11.9 Å². The summed E-state index contributed by atoms with van der Waals surface area (Å²) in [6, 6.07) is 16.2. The molecule has 1 aromatic heterocycles. The lowest BCUT2D eigenvalue weighted by molar-refractivity contribution is -0.114. The maximum atomic E-state index is 12.5. The normalized spacial score (nSPS) is 10.5. The molecule has 10 nitrogen and oxygen atoms in total. The van der Waals surface area contributed by atoms with Gasteiger partial charge in [-0.2, -0.15) is 13.4 Å². The van der Waals surface area contributed by atoms with Crippen molar-refractivity contribution in [2.75, 3.05) is 11.6 Å². The summed E-state index contributed by atoms with van der Waals surface area (Å²) in [6.07, 6.45) is 0.715. The molecule has 0 aliphatic heterocycles. The van der Waals surface area contributed by atoms with Crippen molar-refractivity contribution < 1.29 is 22.6 Å². The first-order valence-electron chi connectivity index (χ1n) is 8.79. The first-order valence-corrected chi connectivity index (χ1v) is 10.6. The third-order valence-electron chi connectivity index (χ3n) is 3.68. The van der Waals surface area contributed by atoms with Crippen LogP contribution in [-0.2, 0) is 14.9 Å². The Morgan fingerprint density at radius 1 is 1.06 bits per heavy atom. The van der Waals surface area contributed by atoms with E-state index in [2.05, 4.69) is 15.3 Å². The number of carbonyl (C=O) groups excluding carboxylic acids is 2. The van der Waals surface area contributed by atoms with Crippen molar-refractivity contribution in [3.8, 4) is 11.3 Å². The van der Waals surface area contributed by atoms with Crippen LogP contribution in [0, 0.1) is 0 Å². The molecule has 3 rings (SSSR count). The molecular weight excluding hydrogens is 422 g/mol. The minimum Gasteiger partial charge on any atom is -0.370 e. The Balaban J connectivity index is 0.000000614. The average Bonchev–Trinajstić information content (AvgIpc) is 2.66. The molecular formula is C20H21N5O5S. The molecule has 0 spiro atoms. The summed E-state index contributed by atoms with van der Waals surface area (Å²) >= 11 is 0. The van der Waals surface area contributed by atoms with Crippen LogP contribution < -0.4 is 16.8 Å². The summed E-state index contributed by atoms with van der Waals surface area (Å²) in [7, 11) is -3.67. The molecule has 0 aliphatic carbocycles. The minimum atomic E-state index is -3.67. The number of fused-ring (bicyclic) bond motifs is 1. The van der Waals surface area contributed by atoms with Crippen LogP contribution in [0.3, 0.4) is 0 Å². The number of nitrogens with zero attached hydrogens (tertiary/aromatic N) is 2. The fraction of sp³-hybridized carbons (Fsp3) is 0.100. The number of rotatable bonds is 3. The zero-order chi connectivity index (χ0) is 23.2. The van der Waals surface area contributed by atoms with Crippen LogP contribution in [0.15, 0.2) is 59.6 Å². The van der Waals surface area contributed by atoms with Crippen molar-refractivity contribution in [2.24, 2.45) is 16.5 Å². The van der Waals surface area contributed by atoms with Crippen LogP contribution in [0.2, 0.25) is 0 Å². The number of pyridine rings is 1. The summed E-state index contributed by atoms with van der Waals surface area (Å²) < 4.78 is 25.9. The van der Waals surface area contributed by atoms with Gasteiger partial charge < -0.3 is 16.8 Å². The fourth-order valence-corrected chi connectivity index (χ4v) is 2.65. The van der Waals surface area contributed by atoms with Crippen molar-refractivity contribution >= 4 is 44.5 Å².